The third-order valence-electron chi connectivity index (χ3n) is 7.09. The van der Waals surface area contributed by atoms with Crippen LogP contribution in [-0.4, -0.2) is 80.0 Å². The van der Waals surface area contributed by atoms with Crippen LogP contribution in [0.4, 0.5) is 0 Å². The predicted molar refractivity (Wildman–Crippen MR) is 116 cm³/mol. The van der Waals surface area contributed by atoms with E-state index in [1.54, 1.807) is 9.80 Å². The smallest absolute Gasteiger partial charge is 0.321 e. The largest absolute Gasteiger partial charge is 0.481 e. The molecule has 0 bridgehead atoms. The Kier molecular flexibility index (Phi) is 5.32. The third kappa shape index (κ3) is 3.54. The molecule has 5 rings (SSSR count). The molecule has 10 heteroatoms. The van der Waals surface area contributed by atoms with Gasteiger partial charge in [0.1, 0.15) is 18.1 Å². The minimum atomic E-state index is -1.24. The Labute approximate surface area is 189 Å². The number of hydrogen-bond donors (Lipinski definition) is 4. The van der Waals surface area contributed by atoms with Crippen molar-refractivity contribution in [3.8, 4) is 0 Å². The zero-order valence-corrected chi connectivity index (χ0v) is 18.0. The van der Waals surface area contributed by atoms with Gasteiger partial charge >= 0.3 is 11.9 Å². The molecular weight excluding hydrogens is 428 g/mol. The molecule has 2 aromatic rings. The van der Waals surface area contributed by atoms with Crippen LogP contribution in [0.1, 0.15) is 43.0 Å². The number of rotatable bonds is 7. The normalized spacial score (nSPS) is 25.0. The number of piperazine rings is 1. The number of para-hydroxylation sites is 1. The van der Waals surface area contributed by atoms with E-state index in [4.69, 9.17) is 5.11 Å². The highest BCUT2D eigenvalue weighted by atomic mass is 16.4. The molecule has 2 saturated heterocycles. The van der Waals surface area contributed by atoms with Crippen LogP contribution >= 0.6 is 0 Å². The standard InChI is InChI=1S/C23H26N4O6/c28-19(29)11-15(23(32)33)24-8-7-16-20-13(12-4-1-2-5-14(12)25-20)10-18-21(30)26-9-3-6-17(26)22(31)27(16)18/h1-2,4-5,15-18,24-25H,3,6-11H2,(H,28,29)(H,32,33)/t15-,16-,17+,18+/m1/s1. The maximum absolute atomic E-state index is 13.5. The molecule has 4 heterocycles. The Morgan fingerprint density at radius 1 is 1.15 bits per heavy atom. The number of fused-ring (bicyclic) bond motifs is 5. The van der Waals surface area contributed by atoms with Crippen LogP contribution in [0.2, 0.25) is 0 Å². The minimum absolute atomic E-state index is 0.0275. The molecule has 0 spiro atoms. The second-order valence-electron chi connectivity index (χ2n) is 8.97. The average molecular weight is 454 g/mol. The Morgan fingerprint density at radius 3 is 2.70 bits per heavy atom. The lowest BCUT2D eigenvalue weighted by Gasteiger charge is -2.48. The number of amides is 2. The molecule has 1 aromatic heterocycles. The van der Waals surface area contributed by atoms with E-state index in [9.17, 15) is 24.3 Å². The fourth-order valence-electron chi connectivity index (χ4n) is 5.64. The van der Waals surface area contributed by atoms with E-state index in [0.717, 1.165) is 28.6 Å². The molecule has 3 aliphatic heterocycles. The van der Waals surface area contributed by atoms with E-state index in [1.165, 1.54) is 0 Å². The monoisotopic (exact) mass is 454 g/mol. The van der Waals surface area contributed by atoms with Gasteiger partial charge in [-0.1, -0.05) is 18.2 Å². The Hall–Kier alpha value is -3.40. The number of carboxylic acids is 2. The summed E-state index contributed by atoms with van der Waals surface area (Å²) in [5.74, 6) is -2.54. The molecule has 4 atom stereocenters. The summed E-state index contributed by atoms with van der Waals surface area (Å²) in [6, 6.07) is 5.13. The van der Waals surface area contributed by atoms with E-state index in [1.807, 2.05) is 24.3 Å². The van der Waals surface area contributed by atoms with E-state index < -0.39 is 42.5 Å². The van der Waals surface area contributed by atoms with Gasteiger partial charge in [0.05, 0.1) is 12.5 Å². The number of nitrogens with zero attached hydrogens (tertiary/aromatic N) is 2. The molecule has 1 aromatic carbocycles. The number of aromatic amines is 1. The van der Waals surface area contributed by atoms with Crippen molar-refractivity contribution in [2.75, 3.05) is 13.1 Å². The molecular formula is C23H26N4O6. The summed E-state index contributed by atoms with van der Waals surface area (Å²) < 4.78 is 0. The van der Waals surface area contributed by atoms with Gasteiger partial charge < -0.3 is 30.3 Å². The minimum Gasteiger partial charge on any atom is -0.481 e. The van der Waals surface area contributed by atoms with Gasteiger partial charge in [-0.05, 0) is 37.4 Å². The molecule has 10 nitrogen and oxygen atoms in total. The number of hydrogen-bond acceptors (Lipinski definition) is 5. The third-order valence-corrected chi connectivity index (χ3v) is 7.09. The highest BCUT2D eigenvalue weighted by Crippen LogP contribution is 2.42. The van der Waals surface area contributed by atoms with E-state index in [2.05, 4.69) is 10.3 Å². The molecule has 174 valence electrons. The van der Waals surface area contributed by atoms with Gasteiger partial charge in [0.25, 0.3) is 0 Å². The summed E-state index contributed by atoms with van der Waals surface area (Å²) >= 11 is 0. The van der Waals surface area contributed by atoms with E-state index in [-0.39, 0.29) is 18.4 Å². The van der Waals surface area contributed by atoms with E-state index >= 15 is 0 Å². The highest BCUT2D eigenvalue weighted by Gasteiger charge is 2.52. The van der Waals surface area contributed by atoms with Gasteiger partial charge in [-0.25, -0.2) is 0 Å². The van der Waals surface area contributed by atoms with Crippen molar-refractivity contribution >= 4 is 34.7 Å². The fraction of sp³-hybridized carbons (Fsp3) is 0.478. The van der Waals surface area contributed by atoms with Crippen LogP contribution in [0.5, 0.6) is 0 Å². The summed E-state index contributed by atoms with van der Waals surface area (Å²) in [5.41, 5.74) is 2.80. The van der Waals surface area contributed by atoms with Gasteiger partial charge in [0.15, 0.2) is 0 Å². The summed E-state index contributed by atoms with van der Waals surface area (Å²) in [4.78, 5) is 56.1. The first-order chi connectivity index (χ1) is 15.9. The van der Waals surface area contributed by atoms with Crippen molar-refractivity contribution in [3.63, 3.8) is 0 Å². The van der Waals surface area contributed by atoms with Crippen molar-refractivity contribution in [1.29, 1.82) is 0 Å². The summed E-state index contributed by atoms with van der Waals surface area (Å²) in [5, 5.41) is 22.1. The van der Waals surface area contributed by atoms with Crippen LogP contribution < -0.4 is 5.32 Å². The molecule has 0 aliphatic carbocycles. The Balaban J connectivity index is 1.48. The van der Waals surface area contributed by atoms with Gasteiger partial charge in [0.2, 0.25) is 11.8 Å². The highest BCUT2D eigenvalue weighted by molar-refractivity contribution is 5.99. The lowest BCUT2D eigenvalue weighted by molar-refractivity contribution is -0.163. The number of H-pyrrole nitrogens is 1. The molecule has 0 saturated carbocycles. The second kappa shape index (κ2) is 8.18. The maximum atomic E-state index is 13.5. The number of aromatic nitrogens is 1. The van der Waals surface area contributed by atoms with E-state index in [0.29, 0.717) is 25.8 Å². The molecule has 33 heavy (non-hydrogen) atoms. The van der Waals surface area contributed by atoms with Gasteiger partial charge in [-0.15, -0.1) is 0 Å². The lowest BCUT2D eigenvalue weighted by Crippen LogP contribution is -2.65. The summed E-state index contributed by atoms with van der Waals surface area (Å²) in [6.07, 6.45) is 1.70. The molecule has 4 N–H and O–H groups in total. The van der Waals surface area contributed by atoms with Crippen molar-refractivity contribution in [2.24, 2.45) is 0 Å². The SMILES string of the molecule is O=C(O)C[C@@H](NCC[C@@H]1c2[nH]c3ccccc3c2C[C@H]2C(=O)N3CCC[C@H]3C(=O)N12)C(=O)O. The van der Waals surface area contributed by atoms with Crippen molar-refractivity contribution in [3.05, 3.63) is 35.5 Å². The van der Waals surface area contributed by atoms with Gasteiger partial charge in [0, 0.05) is 29.6 Å². The first kappa shape index (κ1) is 21.4. The number of aliphatic carboxylic acids is 2. The summed E-state index contributed by atoms with van der Waals surface area (Å²) in [6.45, 7) is 0.783. The van der Waals surface area contributed by atoms with Crippen LogP contribution in [0, 0.1) is 0 Å². The maximum Gasteiger partial charge on any atom is 0.321 e. The molecule has 3 aliphatic rings. The predicted octanol–water partition coefficient (Wildman–Crippen LogP) is 0.875. The number of carboxylic acid groups (broad SMARTS) is 2. The van der Waals surface area contributed by atoms with Crippen LogP contribution in [0.3, 0.4) is 0 Å². The fourth-order valence-corrected chi connectivity index (χ4v) is 5.64. The Bertz CT molecular complexity index is 1140. The lowest BCUT2D eigenvalue weighted by atomic mass is 9.86. The van der Waals surface area contributed by atoms with Crippen LogP contribution in [0.25, 0.3) is 10.9 Å². The molecule has 2 fully saturated rings. The van der Waals surface area contributed by atoms with Crippen LogP contribution in [-0.2, 0) is 25.6 Å². The van der Waals surface area contributed by atoms with Gasteiger partial charge in [-0.2, -0.15) is 0 Å². The van der Waals surface area contributed by atoms with Crippen molar-refractivity contribution in [2.45, 2.75) is 56.3 Å². The molecule has 0 unspecified atom stereocenters. The zero-order valence-electron chi connectivity index (χ0n) is 18.0. The quantitative estimate of drug-likeness (QED) is 0.486. The first-order valence-corrected chi connectivity index (χ1v) is 11.3. The number of carbonyl (C=O) groups excluding carboxylic acids is 2. The van der Waals surface area contributed by atoms with Gasteiger partial charge in [-0.3, -0.25) is 19.2 Å². The average Bonchev–Trinajstić information content (AvgIpc) is 3.41. The Morgan fingerprint density at radius 2 is 1.94 bits per heavy atom. The molecule has 2 amide bonds. The van der Waals surface area contributed by atoms with Crippen molar-refractivity contribution in [1.82, 2.24) is 20.1 Å². The number of nitrogens with one attached hydrogen (secondary N) is 2. The number of benzene rings is 1. The van der Waals surface area contributed by atoms with Crippen molar-refractivity contribution < 1.29 is 29.4 Å². The van der Waals surface area contributed by atoms with Crippen LogP contribution in [0.15, 0.2) is 24.3 Å². The first-order valence-electron chi connectivity index (χ1n) is 11.3. The summed E-state index contributed by atoms with van der Waals surface area (Å²) in [7, 11) is 0. The molecule has 0 radical (unpaired) electrons. The topological polar surface area (TPSA) is 143 Å². The zero-order chi connectivity index (χ0) is 23.3. The number of carbonyl (C=O) groups is 4. The second-order valence-corrected chi connectivity index (χ2v) is 8.97.